The second-order valence-electron chi connectivity index (χ2n) is 4.95. The molecule has 1 rings (SSSR count). The summed E-state index contributed by atoms with van der Waals surface area (Å²) < 4.78 is 0. The Morgan fingerprint density at radius 1 is 1.42 bits per heavy atom. The number of hydrogen-bond acceptors (Lipinski definition) is 4. The summed E-state index contributed by atoms with van der Waals surface area (Å²) in [7, 11) is 0. The van der Waals surface area contributed by atoms with Crippen molar-refractivity contribution in [3.63, 3.8) is 0 Å². The summed E-state index contributed by atoms with van der Waals surface area (Å²) in [6.07, 6.45) is 6.59. The van der Waals surface area contributed by atoms with Gasteiger partial charge in [-0.25, -0.2) is 0 Å². The fraction of sp³-hybridized carbons (Fsp3) is 0.600. The first-order valence-electron chi connectivity index (χ1n) is 6.85. The van der Waals surface area contributed by atoms with Crippen molar-refractivity contribution in [3.05, 3.63) is 30.1 Å². The molecule has 0 spiro atoms. The lowest BCUT2D eigenvalue weighted by atomic mass is 10.0. The van der Waals surface area contributed by atoms with E-state index in [1.165, 1.54) is 5.56 Å². The van der Waals surface area contributed by atoms with E-state index < -0.39 is 0 Å². The van der Waals surface area contributed by atoms with Crippen LogP contribution in [-0.4, -0.2) is 28.7 Å². The van der Waals surface area contributed by atoms with E-state index in [-0.39, 0.29) is 0 Å². The average Bonchev–Trinajstić information content (AvgIpc) is 2.43. The number of nitriles is 1. The van der Waals surface area contributed by atoms with Crippen molar-refractivity contribution in [3.8, 4) is 6.07 Å². The highest BCUT2D eigenvalue weighted by molar-refractivity contribution is 7.80. The second-order valence-corrected chi connectivity index (χ2v) is 5.40. The molecule has 0 saturated heterocycles. The Bertz CT molecular complexity index is 375. The Morgan fingerprint density at radius 3 is 2.89 bits per heavy atom. The van der Waals surface area contributed by atoms with E-state index in [0.717, 1.165) is 38.2 Å². The van der Waals surface area contributed by atoms with Gasteiger partial charge in [0, 0.05) is 31.9 Å². The van der Waals surface area contributed by atoms with Gasteiger partial charge in [-0.1, -0.05) is 13.0 Å². The number of thiol groups is 1. The number of hydrogen-bond donors (Lipinski definition) is 1. The average molecular weight is 277 g/mol. The first-order valence-corrected chi connectivity index (χ1v) is 7.48. The summed E-state index contributed by atoms with van der Waals surface area (Å²) in [6, 6.07) is 6.27. The summed E-state index contributed by atoms with van der Waals surface area (Å²) in [6.45, 7) is 5.01. The third-order valence-electron chi connectivity index (χ3n) is 3.23. The first-order chi connectivity index (χ1) is 9.26. The highest BCUT2D eigenvalue weighted by atomic mass is 32.1. The maximum atomic E-state index is 8.74. The molecular weight excluding hydrogens is 254 g/mol. The van der Waals surface area contributed by atoms with E-state index in [2.05, 4.69) is 41.6 Å². The van der Waals surface area contributed by atoms with Gasteiger partial charge in [0.2, 0.25) is 0 Å². The summed E-state index contributed by atoms with van der Waals surface area (Å²) >= 11 is 4.28. The van der Waals surface area contributed by atoms with Gasteiger partial charge in [-0.15, -0.1) is 0 Å². The molecule has 0 aliphatic heterocycles. The van der Waals surface area contributed by atoms with Gasteiger partial charge in [0.05, 0.1) is 6.07 Å². The van der Waals surface area contributed by atoms with Crippen LogP contribution in [0.5, 0.6) is 0 Å². The zero-order valence-corrected chi connectivity index (χ0v) is 12.5. The predicted octanol–water partition coefficient (Wildman–Crippen LogP) is 3.14. The second kappa shape index (κ2) is 9.82. The molecule has 1 aromatic rings. The molecule has 0 bridgehead atoms. The van der Waals surface area contributed by atoms with Crippen LogP contribution >= 0.6 is 12.6 Å². The van der Waals surface area contributed by atoms with Gasteiger partial charge in [0.1, 0.15) is 0 Å². The SMILES string of the molecule is CC(CCS)CCN(CCC#N)Cc1cccnc1. The molecule has 0 amide bonds. The van der Waals surface area contributed by atoms with Crippen molar-refractivity contribution in [2.75, 3.05) is 18.8 Å². The van der Waals surface area contributed by atoms with Gasteiger partial charge in [-0.3, -0.25) is 9.88 Å². The molecule has 19 heavy (non-hydrogen) atoms. The van der Waals surface area contributed by atoms with E-state index in [1.807, 2.05) is 12.3 Å². The van der Waals surface area contributed by atoms with E-state index in [0.29, 0.717) is 12.3 Å². The molecule has 0 N–H and O–H groups in total. The number of pyridine rings is 1. The van der Waals surface area contributed by atoms with Crippen molar-refractivity contribution in [2.24, 2.45) is 5.92 Å². The Hall–Kier alpha value is -1.05. The maximum Gasteiger partial charge on any atom is 0.0635 e. The third-order valence-corrected chi connectivity index (χ3v) is 3.49. The minimum Gasteiger partial charge on any atom is -0.298 e. The Labute approximate surface area is 122 Å². The molecule has 1 unspecified atom stereocenters. The smallest absolute Gasteiger partial charge is 0.0635 e. The largest absolute Gasteiger partial charge is 0.298 e. The number of nitrogens with zero attached hydrogens (tertiary/aromatic N) is 3. The van der Waals surface area contributed by atoms with Gasteiger partial charge in [0.15, 0.2) is 0 Å². The lowest BCUT2D eigenvalue weighted by molar-refractivity contribution is 0.250. The van der Waals surface area contributed by atoms with Crippen LogP contribution in [0.25, 0.3) is 0 Å². The lowest BCUT2D eigenvalue weighted by Crippen LogP contribution is -2.26. The van der Waals surface area contributed by atoms with E-state index in [4.69, 9.17) is 5.26 Å². The topological polar surface area (TPSA) is 39.9 Å². The van der Waals surface area contributed by atoms with Crippen LogP contribution in [0.2, 0.25) is 0 Å². The molecule has 0 saturated carbocycles. The van der Waals surface area contributed by atoms with E-state index >= 15 is 0 Å². The molecule has 0 aromatic carbocycles. The molecule has 104 valence electrons. The molecule has 0 aliphatic carbocycles. The summed E-state index contributed by atoms with van der Waals surface area (Å²) in [5.41, 5.74) is 1.21. The van der Waals surface area contributed by atoms with Crippen LogP contribution in [-0.2, 0) is 6.54 Å². The van der Waals surface area contributed by atoms with Gasteiger partial charge in [0.25, 0.3) is 0 Å². The molecule has 4 heteroatoms. The standard InChI is InChI=1S/C15H23N3S/c1-14(6-11-19)5-10-18(9-3-7-16)13-15-4-2-8-17-12-15/h2,4,8,12,14,19H,3,5-6,9-11,13H2,1H3. The lowest BCUT2D eigenvalue weighted by Gasteiger charge is -2.22. The van der Waals surface area contributed by atoms with Crippen LogP contribution < -0.4 is 0 Å². The molecule has 0 fully saturated rings. The Balaban J connectivity index is 2.45. The first kappa shape index (κ1) is 16.0. The Morgan fingerprint density at radius 2 is 2.26 bits per heavy atom. The zero-order valence-electron chi connectivity index (χ0n) is 11.6. The zero-order chi connectivity index (χ0) is 13.9. The highest BCUT2D eigenvalue weighted by Gasteiger charge is 2.08. The monoisotopic (exact) mass is 277 g/mol. The van der Waals surface area contributed by atoms with Crippen molar-refractivity contribution in [1.29, 1.82) is 5.26 Å². The van der Waals surface area contributed by atoms with E-state index in [9.17, 15) is 0 Å². The number of rotatable bonds is 9. The summed E-state index contributed by atoms with van der Waals surface area (Å²) in [4.78, 5) is 6.48. The van der Waals surface area contributed by atoms with Crippen molar-refractivity contribution >= 4 is 12.6 Å². The van der Waals surface area contributed by atoms with Crippen LogP contribution in [0, 0.1) is 17.2 Å². The third kappa shape index (κ3) is 7.19. The van der Waals surface area contributed by atoms with Gasteiger partial charge in [-0.05, 0) is 42.7 Å². The van der Waals surface area contributed by atoms with Gasteiger partial charge in [-0.2, -0.15) is 17.9 Å². The maximum absolute atomic E-state index is 8.74. The van der Waals surface area contributed by atoms with Crippen molar-refractivity contribution in [2.45, 2.75) is 32.7 Å². The summed E-state index contributed by atoms with van der Waals surface area (Å²) in [5.74, 6) is 1.64. The van der Waals surface area contributed by atoms with Gasteiger partial charge >= 0.3 is 0 Å². The fourth-order valence-electron chi connectivity index (χ4n) is 2.00. The highest BCUT2D eigenvalue weighted by Crippen LogP contribution is 2.11. The molecular formula is C15H23N3S. The molecule has 1 atom stereocenters. The quantitative estimate of drug-likeness (QED) is 0.705. The number of aromatic nitrogens is 1. The minimum absolute atomic E-state index is 0.585. The molecule has 3 nitrogen and oxygen atoms in total. The molecule has 1 heterocycles. The predicted molar refractivity (Wildman–Crippen MR) is 82.0 cm³/mol. The van der Waals surface area contributed by atoms with Crippen molar-refractivity contribution in [1.82, 2.24) is 9.88 Å². The Kier molecular flexibility index (Phi) is 8.28. The van der Waals surface area contributed by atoms with Crippen molar-refractivity contribution < 1.29 is 0 Å². The summed E-state index contributed by atoms with van der Waals surface area (Å²) in [5, 5.41) is 8.74. The van der Waals surface area contributed by atoms with Crippen LogP contribution in [0.15, 0.2) is 24.5 Å². The molecule has 0 aliphatic rings. The van der Waals surface area contributed by atoms with Crippen LogP contribution in [0.3, 0.4) is 0 Å². The van der Waals surface area contributed by atoms with Gasteiger partial charge < -0.3 is 0 Å². The minimum atomic E-state index is 0.585. The van der Waals surface area contributed by atoms with Crippen LogP contribution in [0.1, 0.15) is 31.7 Å². The normalized spacial score (nSPS) is 12.3. The molecule has 1 aromatic heterocycles. The fourth-order valence-corrected chi connectivity index (χ4v) is 2.44. The van der Waals surface area contributed by atoms with Crippen LogP contribution in [0.4, 0.5) is 0 Å². The molecule has 0 radical (unpaired) electrons. The van der Waals surface area contributed by atoms with E-state index in [1.54, 1.807) is 6.20 Å².